The van der Waals surface area contributed by atoms with Crippen molar-refractivity contribution >= 4 is 6.79 Å². The summed E-state index contributed by atoms with van der Waals surface area (Å²) in [6.45, 7) is 17.3. The number of quaternary nitrogens is 1. The average Bonchev–Trinajstić information content (AvgIpc) is 3.43. The molecule has 0 spiro atoms. The smallest absolute Gasteiger partial charge is 0.106 e. The summed E-state index contributed by atoms with van der Waals surface area (Å²) >= 11 is 0. The third kappa shape index (κ3) is 66.0. The zero-order chi connectivity index (χ0) is 54.6. The zero-order valence-electron chi connectivity index (χ0n) is 53.6. The van der Waals surface area contributed by atoms with Gasteiger partial charge in [-0.05, 0) is 51.4 Å². The fourth-order valence-electron chi connectivity index (χ4n) is 12.7. The maximum Gasteiger partial charge on any atom is 0.106 e. The van der Waals surface area contributed by atoms with Crippen LogP contribution in [0.3, 0.4) is 0 Å². The lowest BCUT2D eigenvalue weighted by Crippen LogP contribution is -2.50. The van der Waals surface area contributed by atoms with Crippen molar-refractivity contribution in [2.45, 2.75) is 439 Å². The lowest BCUT2D eigenvalue weighted by molar-refractivity contribution is -0.929. The Kier molecular flexibility index (Phi) is 73.3. The molecule has 0 heterocycles. The van der Waals surface area contributed by atoms with Crippen LogP contribution in [0.4, 0.5) is 0 Å². The topological polar surface area (TPSA) is 17.1 Å². The molecule has 0 saturated carbocycles. The zero-order valence-corrected chi connectivity index (χ0v) is 53.6. The van der Waals surface area contributed by atoms with Crippen molar-refractivity contribution in [3.63, 3.8) is 0 Å². The van der Waals surface area contributed by atoms with Gasteiger partial charge in [0.25, 0.3) is 0 Å². The highest BCUT2D eigenvalue weighted by Crippen LogP contribution is 2.23. The van der Waals surface area contributed by atoms with Crippen LogP contribution in [-0.2, 0) is 4.79 Å². The van der Waals surface area contributed by atoms with E-state index in [0.29, 0.717) is 0 Å². The van der Waals surface area contributed by atoms with Gasteiger partial charge in [0.05, 0.1) is 26.2 Å². The van der Waals surface area contributed by atoms with Gasteiger partial charge >= 0.3 is 0 Å². The largest absolute Gasteiger partial charge is 0.324 e. The van der Waals surface area contributed by atoms with Gasteiger partial charge in [0.2, 0.25) is 0 Å². The van der Waals surface area contributed by atoms with E-state index in [1.54, 1.807) is 0 Å². The van der Waals surface area contributed by atoms with Gasteiger partial charge in [-0.15, -0.1) is 0 Å². The van der Waals surface area contributed by atoms with Gasteiger partial charge in [-0.1, -0.05) is 387 Å². The minimum Gasteiger partial charge on any atom is -0.324 e. The molecule has 0 radical (unpaired) electrons. The van der Waals surface area contributed by atoms with E-state index in [1.807, 2.05) is 6.79 Å². The van der Waals surface area contributed by atoms with Crippen molar-refractivity contribution < 1.29 is 9.28 Å². The Morgan fingerprint density at radius 2 is 0.227 bits per heavy atom. The molecule has 75 heavy (non-hydrogen) atoms. The summed E-state index contributed by atoms with van der Waals surface area (Å²) in [5, 5.41) is 0. The van der Waals surface area contributed by atoms with Gasteiger partial charge in [-0.2, -0.15) is 0 Å². The summed E-state index contributed by atoms with van der Waals surface area (Å²) in [6.07, 6.45) is 94.7. The second kappa shape index (κ2) is 71.6. The molecule has 0 fully saturated rings. The molecule has 0 unspecified atom stereocenters. The highest BCUT2D eigenvalue weighted by molar-refractivity contribution is 5.11. The molecule has 0 amide bonds. The number of hydrogen-bond acceptors (Lipinski definition) is 1. The summed E-state index contributed by atoms with van der Waals surface area (Å²) < 4.78 is 1.49. The summed E-state index contributed by atoms with van der Waals surface area (Å²) in [5.74, 6) is 0. The first kappa shape index (κ1) is 76.7. The molecule has 0 bridgehead atoms. The van der Waals surface area contributed by atoms with Crippen LogP contribution in [0.15, 0.2) is 0 Å². The normalized spacial score (nSPS) is 11.7. The van der Waals surface area contributed by atoms with E-state index in [-0.39, 0.29) is 0 Å². The fraction of sp³-hybridized carbons (Fsp3) is 0.986. The van der Waals surface area contributed by atoms with Crippen LogP contribution in [0, 0.1) is 0 Å². The maximum absolute atomic E-state index is 8.00. The Morgan fingerprint density at radius 1 is 0.147 bits per heavy atom. The van der Waals surface area contributed by atoms with E-state index in [1.165, 1.54) is 442 Å². The van der Waals surface area contributed by atoms with Gasteiger partial charge in [0.1, 0.15) is 6.79 Å². The standard InChI is InChI=1S/C72H148N.CH2O/c1-5-9-13-17-21-25-29-33-37-41-45-49-53-57-61-65-69-73(70-66-62-58-54-50-46-42-38-34-30-26-22-18-14-10-6-2,71-67-63-59-55-51-47-43-39-35-31-27-23-19-15-11-7-3)72-68-64-60-56-52-48-44-40-36-32-28-24-20-16-12-8-4;1-2/h5-72H2,1-4H3;1H2/q+1;. The number of carbonyl (C=O) groups is 1. The monoisotopic (exact) mass is 1060 g/mol. The highest BCUT2D eigenvalue weighted by Gasteiger charge is 2.26. The first-order valence-electron chi connectivity index (χ1n) is 36.4. The molecule has 2 nitrogen and oxygen atoms in total. The first-order valence-corrected chi connectivity index (χ1v) is 36.4. The molecule has 0 aliphatic heterocycles. The summed E-state index contributed by atoms with van der Waals surface area (Å²) in [5.41, 5.74) is 0. The molecule has 0 aliphatic carbocycles. The third-order valence-electron chi connectivity index (χ3n) is 17.9. The molecule has 452 valence electrons. The SMILES string of the molecule is C=O.CCCCCCCCCCCCCCCCCC[N+](CCCCCCCCCCCCCCCCCC)(CCCCCCCCCCCCCCCCCC)CCCCCCCCCCCCCCCCCC. The number of nitrogens with zero attached hydrogens (tertiary/aromatic N) is 1. The van der Waals surface area contributed by atoms with Crippen molar-refractivity contribution in [2.24, 2.45) is 0 Å². The summed E-state index contributed by atoms with van der Waals surface area (Å²) in [4.78, 5) is 8.00. The van der Waals surface area contributed by atoms with Gasteiger partial charge in [-0.3, -0.25) is 0 Å². The summed E-state index contributed by atoms with van der Waals surface area (Å²) in [6, 6.07) is 0. The van der Waals surface area contributed by atoms with Gasteiger partial charge in [0.15, 0.2) is 0 Å². The van der Waals surface area contributed by atoms with E-state index >= 15 is 0 Å². The number of hydrogen-bond donors (Lipinski definition) is 0. The lowest BCUT2D eigenvalue weighted by atomic mass is 10.0. The van der Waals surface area contributed by atoms with Crippen molar-refractivity contribution in [2.75, 3.05) is 26.2 Å². The van der Waals surface area contributed by atoms with Crippen molar-refractivity contribution in [1.82, 2.24) is 0 Å². The lowest BCUT2D eigenvalue weighted by Gasteiger charge is -2.40. The molecule has 0 N–H and O–H groups in total. The van der Waals surface area contributed by atoms with Crippen molar-refractivity contribution in [3.8, 4) is 0 Å². The number of rotatable bonds is 68. The molecule has 0 saturated heterocycles. The summed E-state index contributed by atoms with van der Waals surface area (Å²) in [7, 11) is 0. The molecular weight excluding hydrogens is 907 g/mol. The second-order valence-corrected chi connectivity index (χ2v) is 25.4. The Labute approximate surface area is 478 Å². The highest BCUT2D eigenvalue weighted by atomic mass is 16.1. The van der Waals surface area contributed by atoms with E-state index < -0.39 is 0 Å². The molecule has 0 atom stereocenters. The van der Waals surface area contributed by atoms with Gasteiger partial charge in [-0.25, -0.2) is 0 Å². The van der Waals surface area contributed by atoms with Gasteiger partial charge in [0, 0.05) is 0 Å². The molecule has 0 aromatic carbocycles. The average molecular weight is 1060 g/mol. The fourth-order valence-corrected chi connectivity index (χ4v) is 12.7. The predicted octanol–water partition coefficient (Wildman–Crippen LogP) is 26.7. The van der Waals surface area contributed by atoms with Crippen LogP contribution >= 0.6 is 0 Å². The molecular formula is C73H150NO+. The van der Waals surface area contributed by atoms with Crippen molar-refractivity contribution in [3.05, 3.63) is 0 Å². The van der Waals surface area contributed by atoms with Crippen LogP contribution in [0.25, 0.3) is 0 Å². The Morgan fingerprint density at radius 3 is 0.320 bits per heavy atom. The number of unbranched alkanes of at least 4 members (excludes halogenated alkanes) is 60. The third-order valence-corrected chi connectivity index (χ3v) is 17.9. The van der Waals surface area contributed by atoms with Crippen LogP contribution in [-0.4, -0.2) is 37.5 Å². The minimum absolute atomic E-state index is 1.37. The van der Waals surface area contributed by atoms with E-state index in [0.717, 1.165) is 0 Å². The molecule has 0 aliphatic rings. The van der Waals surface area contributed by atoms with Crippen LogP contribution in [0.1, 0.15) is 439 Å². The molecule has 0 aromatic heterocycles. The van der Waals surface area contributed by atoms with E-state index in [9.17, 15) is 0 Å². The van der Waals surface area contributed by atoms with Gasteiger partial charge < -0.3 is 9.28 Å². The van der Waals surface area contributed by atoms with Crippen molar-refractivity contribution in [1.29, 1.82) is 0 Å². The Bertz CT molecular complexity index is 798. The number of carbonyl (C=O) groups excluding carboxylic acids is 1. The van der Waals surface area contributed by atoms with Crippen LogP contribution in [0.5, 0.6) is 0 Å². The molecule has 2 heteroatoms. The van der Waals surface area contributed by atoms with E-state index in [4.69, 9.17) is 4.79 Å². The Balaban J connectivity index is 0. The van der Waals surface area contributed by atoms with E-state index in [2.05, 4.69) is 27.7 Å². The molecule has 0 rings (SSSR count). The predicted molar refractivity (Wildman–Crippen MR) is 345 cm³/mol. The van der Waals surface area contributed by atoms with Crippen LogP contribution < -0.4 is 0 Å². The van der Waals surface area contributed by atoms with Crippen LogP contribution in [0.2, 0.25) is 0 Å². The first-order chi connectivity index (χ1) is 37.2. The molecule has 0 aromatic rings. The Hall–Kier alpha value is -0.370. The minimum atomic E-state index is 1.37. The maximum atomic E-state index is 8.00. The quantitative estimate of drug-likeness (QED) is 0.0438. The second-order valence-electron chi connectivity index (χ2n) is 25.4.